The van der Waals surface area contributed by atoms with Gasteiger partial charge in [0.25, 0.3) is 0 Å². The molecule has 0 N–H and O–H groups in total. The summed E-state index contributed by atoms with van der Waals surface area (Å²) in [6, 6.07) is 4.82. The summed E-state index contributed by atoms with van der Waals surface area (Å²) in [6.07, 6.45) is 2.35. The van der Waals surface area contributed by atoms with Gasteiger partial charge in [-0.2, -0.15) is 0 Å². The van der Waals surface area contributed by atoms with Crippen LogP contribution in [0.25, 0.3) is 0 Å². The van der Waals surface area contributed by atoms with E-state index in [9.17, 15) is 0 Å². The van der Waals surface area contributed by atoms with Gasteiger partial charge in [0.1, 0.15) is 11.5 Å². The Bertz CT molecular complexity index is 703. The zero-order valence-electron chi connectivity index (χ0n) is 15.4. The topological polar surface area (TPSA) is 0 Å². The maximum absolute atomic E-state index is 2.41. The molecule has 1 heteroatoms. The van der Waals surface area contributed by atoms with Crippen molar-refractivity contribution in [2.24, 2.45) is 0 Å². The summed E-state index contributed by atoms with van der Waals surface area (Å²) >= 11 is 1.53. The van der Waals surface area contributed by atoms with Gasteiger partial charge < -0.3 is 0 Å². The van der Waals surface area contributed by atoms with Crippen LogP contribution in [-0.4, -0.2) is 0 Å². The zero-order chi connectivity index (χ0) is 16.7. The molecule has 1 heterocycles. The molecule has 0 fully saturated rings. The highest BCUT2D eigenvalue weighted by Gasteiger charge is 2.19. The fourth-order valence-corrected chi connectivity index (χ4v) is 5.86. The molecule has 4 bridgehead atoms. The summed E-state index contributed by atoms with van der Waals surface area (Å²) in [4.78, 5) is 0. The third-order valence-corrected chi connectivity index (χ3v) is 6.83. The lowest BCUT2D eigenvalue weighted by atomic mass is 9.87. The average molecular weight is 326 g/mol. The molecular formula is C22H29S+. The van der Waals surface area contributed by atoms with Crippen LogP contribution in [0.4, 0.5) is 0 Å². The average Bonchev–Trinajstić information content (AvgIpc) is 2.48. The molecule has 0 saturated carbocycles. The normalized spacial score (nSPS) is 14.5. The van der Waals surface area contributed by atoms with Gasteiger partial charge in [0.15, 0.2) is 0 Å². The van der Waals surface area contributed by atoms with Gasteiger partial charge in [-0.1, -0.05) is 12.1 Å². The number of hydrogen-bond donors (Lipinski definition) is 0. The minimum absolute atomic E-state index is 1.17. The zero-order valence-corrected chi connectivity index (χ0v) is 16.3. The molecule has 2 aromatic rings. The SMILES string of the molecule is Cc1cc(C)c2c(C)c1CCc1c(C)cc(C)c(c1C)C[SH+]C2. The van der Waals surface area contributed by atoms with Crippen molar-refractivity contribution >= 4 is 11.8 Å². The molecule has 0 atom stereocenters. The molecular weight excluding hydrogens is 296 g/mol. The quantitative estimate of drug-likeness (QED) is 0.464. The smallest absolute Gasteiger partial charge is 0.0556 e. The molecule has 0 unspecified atom stereocenters. The Morgan fingerprint density at radius 3 is 1.30 bits per heavy atom. The Morgan fingerprint density at radius 1 is 0.565 bits per heavy atom. The number of rotatable bonds is 0. The van der Waals surface area contributed by atoms with Crippen molar-refractivity contribution in [3.63, 3.8) is 0 Å². The van der Waals surface area contributed by atoms with E-state index in [0.717, 1.165) is 0 Å². The molecule has 2 aromatic carbocycles. The minimum atomic E-state index is 1.17. The van der Waals surface area contributed by atoms with Gasteiger partial charge in [0.05, 0.1) is 0 Å². The van der Waals surface area contributed by atoms with E-state index in [4.69, 9.17) is 0 Å². The van der Waals surface area contributed by atoms with Crippen LogP contribution in [0.1, 0.15) is 55.6 Å². The Labute approximate surface area is 145 Å². The molecule has 0 radical (unpaired) electrons. The van der Waals surface area contributed by atoms with E-state index < -0.39 is 0 Å². The lowest BCUT2D eigenvalue weighted by Crippen LogP contribution is -2.05. The molecule has 0 nitrogen and oxygen atoms in total. The lowest BCUT2D eigenvalue weighted by molar-refractivity contribution is 0.908. The van der Waals surface area contributed by atoms with Crippen LogP contribution < -0.4 is 0 Å². The van der Waals surface area contributed by atoms with Crippen molar-refractivity contribution in [3.05, 3.63) is 67.8 Å². The second-order valence-electron chi connectivity index (χ2n) is 7.22. The number of thiol groups is 1. The van der Waals surface area contributed by atoms with Crippen LogP contribution in [0.15, 0.2) is 12.1 Å². The highest BCUT2D eigenvalue weighted by atomic mass is 32.2. The Balaban J connectivity index is 2.14. The molecule has 0 amide bonds. The van der Waals surface area contributed by atoms with Crippen LogP contribution in [0.2, 0.25) is 0 Å². The fraction of sp³-hybridized carbons (Fsp3) is 0.455. The molecule has 0 aliphatic carbocycles. The highest BCUT2D eigenvalue weighted by Crippen LogP contribution is 2.30. The van der Waals surface area contributed by atoms with Crippen molar-refractivity contribution in [2.45, 2.75) is 65.9 Å². The van der Waals surface area contributed by atoms with Gasteiger partial charge in [-0.3, -0.25) is 0 Å². The second kappa shape index (κ2) is 6.36. The summed E-state index contributed by atoms with van der Waals surface area (Å²) in [5.74, 6) is 2.38. The van der Waals surface area contributed by atoms with Gasteiger partial charge in [-0.15, -0.1) is 0 Å². The molecule has 0 aromatic heterocycles. The van der Waals surface area contributed by atoms with Crippen molar-refractivity contribution in [3.8, 4) is 0 Å². The molecule has 1 aliphatic heterocycles. The number of fused-ring (bicyclic) bond motifs is 4. The number of hydrogen-bond acceptors (Lipinski definition) is 0. The predicted octanol–water partition coefficient (Wildman–Crippen LogP) is 5.15. The first-order valence-corrected chi connectivity index (χ1v) is 9.97. The monoisotopic (exact) mass is 325 g/mol. The molecule has 0 saturated heterocycles. The first kappa shape index (κ1) is 16.6. The summed E-state index contributed by atoms with van der Waals surface area (Å²) in [5.41, 5.74) is 15.4. The van der Waals surface area contributed by atoms with Crippen molar-refractivity contribution in [1.29, 1.82) is 0 Å². The van der Waals surface area contributed by atoms with Crippen molar-refractivity contribution in [2.75, 3.05) is 0 Å². The van der Waals surface area contributed by atoms with Crippen molar-refractivity contribution in [1.82, 2.24) is 0 Å². The standard InChI is InChI=1S/C22H28S/c1-13-9-15(3)21-11-23-12-22-16(4)10-14(2)20(18(22)6)8-7-19(13)17(21)5/h9-10H,7-8,11-12H2,1-6H3/p+1. The molecule has 122 valence electrons. The second-order valence-corrected chi connectivity index (χ2v) is 8.30. The largest absolute Gasteiger partial charge is 0.131 e. The van der Waals surface area contributed by atoms with E-state index in [1.807, 2.05) is 0 Å². The van der Waals surface area contributed by atoms with E-state index in [2.05, 4.69) is 53.7 Å². The van der Waals surface area contributed by atoms with Crippen LogP contribution in [0.3, 0.4) is 0 Å². The van der Waals surface area contributed by atoms with Gasteiger partial charge in [-0.05, 0) is 111 Å². The maximum atomic E-state index is 2.41. The van der Waals surface area contributed by atoms with Crippen LogP contribution >= 0.6 is 0 Å². The summed E-state index contributed by atoms with van der Waals surface area (Å²) in [7, 11) is 0. The Morgan fingerprint density at radius 2 is 0.913 bits per heavy atom. The first-order chi connectivity index (χ1) is 10.9. The third-order valence-electron chi connectivity index (χ3n) is 5.75. The summed E-state index contributed by atoms with van der Waals surface area (Å²) in [5, 5.41) is 0. The summed E-state index contributed by atoms with van der Waals surface area (Å²) < 4.78 is 0. The Kier molecular flexibility index (Phi) is 4.60. The lowest BCUT2D eigenvalue weighted by Gasteiger charge is -2.17. The summed E-state index contributed by atoms with van der Waals surface area (Å²) in [6.45, 7) is 13.8. The van der Waals surface area contributed by atoms with Crippen LogP contribution in [-0.2, 0) is 36.1 Å². The first-order valence-electron chi connectivity index (χ1n) is 8.70. The van der Waals surface area contributed by atoms with Gasteiger partial charge in [0, 0.05) is 11.1 Å². The maximum Gasteiger partial charge on any atom is 0.131 e. The highest BCUT2D eigenvalue weighted by molar-refractivity contribution is 7.76. The Hall–Kier alpha value is -1.21. The van der Waals surface area contributed by atoms with E-state index in [-0.39, 0.29) is 0 Å². The van der Waals surface area contributed by atoms with Crippen LogP contribution in [0.5, 0.6) is 0 Å². The molecule has 0 spiro atoms. The third kappa shape index (κ3) is 2.96. The van der Waals surface area contributed by atoms with Crippen LogP contribution in [0, 0.1) is 41.5 Å². The molecule has 1 aliphatic rings. The van der Waals surface area contributed by atoms with E-state index in [1.54, 1.807) is 33.4 Å². The van der Waals surface area contributed by atoms with E-state index in [1.165, 1.54) is 58.4 Å². The molecule has 23 heavy (non-hydrogen) atoms. The van der Waals surface area contributed by atoms with E-state index >= 15 is 0 Å². The van der Waals surface area contributed by atoms with E-state index in [0.29, 0.717) is 0 Å². The van der Waals surface area contributed by atoms with Crippen molar-refractivity contribution < 1.29 is 0 Å². The van der Waals surface area contributed by atoms with Gasteiger partial charge >= 0.3 is 0 Å². The van der Waals surface area contributed by atoms with Gasteiger partial charge in [-0.25, -0.2) is 0 Å². The number of aryl methyl sites for hydroxylation is 4. The predicted molar refractivity (Wildman–Crippen MR) is 105 cm³/mol. The fourth-order valence-electron chi connectivity index (χ4n) is 4.33. The van der Waals surface area contributed by atoms with Gasteiger partial charge in [0.2, 0.25) is 0 Å². The molecule has 3 rings (SSSR count). The minimum Gasteiger partial charge on any atom is -0.0556 e. The number of benzene rings is 2.